The third-order valence-electron chi connectivity index (χ3n) is 2.89. The maximum Gasteiger partial charge on any atom is 0.312 e. The summed E-state index contributed by atoms with van der Waals surface area (Å²) in [6.07, 6.45) is 0.947. The Labute approximate surface area is 105 Å². The van der Waals surface area contributed by atoms with E-state index in [1.807, 2.05) is 27.7 Å². The molecule has 0 spiro atoms. The molecule has 0 saturated carbocycles. The fourth-order valence-electron chi connectivity index (χ4n) is 1.56. The molecule has 0 aliphatic rings. The minimum atomic E-state index is -0.510. The van der Waals surface area contributed by atoms with E-state index in [-0.39, 0.29) is 11.9 Å². The molecule has 17 heavy (non-hydrogen) atoms. The van der Waals surface area contributed by atoms with E-state index in [9.17, 15) is 4.79 Å². The van der Waals surface area contributed by atoms with E-state index in [0.29, 0.717) is 18.9 Å². The van der Waals surface area contributed by atoms with Crippen LogP contribution < -0.4 is 5.32 Å². The van der Waals surface area contributed by atoms with Gasteiger partial charge in [0.2, 0.25) is 0 Å². The number of rotatable bonds is 8. The number of hydrogen-bond acceptors (Lipinski definition) is 4. The normalized spacial score (nSPS) is 13.2. The summed E-state index contributed by atoms with van der Waals surface area (Å²) in [6.45, 7) is 11.2. The number of carbonyl (C=O) groups excluding carboxylic acids is 1. The third-order valence-corrected chi connectivity index (χ3v) is 2.89. The van der Waals surface area contributed by atoms with Crippen LogP contribution in [0.5, 0.6) is 0 Å². The topological polar surface area (TPSA) is 62.2 Å². The van der Waals surface area contributed by atoms with Crippen LogP contribution in [0, 0.1) is 16.7 Å². The van der Waals surface area contributed by atoms with Crippen molar-refractivity contribution < 1.29 is 9.53 Å². The number of hydrogen-bond donors (Lipinski definition) is 2. The van der Waals surface area contributed by atoms with Crippen LogP contribution in [0.25, 0.3) is 0 Å². The summed E-state index contributed by atoms with van der Waals surface area (Å²) in [7, 11) is 0. The molecule has 0 heterocycles. The summed E-state index contributed by atoms with van der Waals surface area (Å²) in [5, 5.41) is 10.9. The molecule has 0 bridgehead atoms. The predicted octanol–water partition coefficient (Wildman–Crippen LogP) is 2.23. The van der Waals surface area contributed by atoms with Gasteiger partial charge in [-0.25, -0.2) is 0 Å². The lowest BCUT2D eigenvalue weighted by Crippen LogP contribution is -2.39. The van der Waals surface area contributed by atoms with Gasteiger partial charge in [-0.05, 0) is 34.1 Å². The van der Waals surface area contributed by atoms with Crippen LogP contribution in [0.1, 0.15) is 41.0 Å². The van der Waals surface area contributed by atoms with Gasteiger partial charge in [-0.2, -0.15) is 0 Å². The molecule has 1 atom stereocenters. The van der Waals surface area contributed by atoms with Gasteiger partial charge in [-0.15, -0.1) is 0 Å². The number of ether oxygens (including phenoxy) is 1. The van der Waals surface area contributed by atoms with Crippen molar-refractivity contribution in [2.75, 3.05) is 19.7 Å². The van der Waals surface area contributed by atoms with Crippen LogP contribution in [-0.2, 0) is 9.53 Å². The highest BCUT2D eigenvalue weighted by Crippen LogP contribution is 2.16. The number of nitrogens with one attached hydrogen (secondary N) is 2. The summed E-state index contributed by atoms with van der Waals surface area (Å²) in [5.41, 5.74) is 0.179. The van der Waals surface area contributed by atoms with E-state index < -0.39 is 5.41 Å². The van der Waals surface area contributed by atoms with Crippen LogP contribution in [0.3, 0.4) is 0 Å². The van der Waals surface area contributed by atoms with Crippen molar-refractivity contribution in [3.63, 3.8) is 0 Å². The summed E-state index contributed by atoms with van der Waals surface area (Å²) in [5.74, 6) is 0.0834. The molecule has 0 aliphatic carbocycles. The average molecular weight is 242 g/mol. The van der Waals surface area contributed by atoms with Crippen LogP contribution in [0.4, 0.5) is 0 Å². The Morgan fingerprint density at radius 2 is 2.00 bits per heavy atom. The molecule has 0 aromatic carbocycles. The molecule has 0 radical (unpaired) electrons. The van der Waals surface area contributed by atoms with Gasteiger partial charge in [0, 0.05) is 24.7 Å². The zero-order valence-electron chi connectivity index (χ0n) is 11.7. The lowest BCUT2D eigenvalue weighted by Gasteiger charge is -2.24. The van der Waals surface area contributed by atoms with Gasteiger partial charge in [-0.1, -0.05) is 6.92 Å². The predicted molar refractivity (Wildman–Crippen MR) is 70.5 cm³/mol. The minimum absolute atomic E-state index is 0.174. The minimum Gasteiger partial charge on any atom is -0.466 e. The lowest BCUT2D eigenvalue weighted by atomic mass is 9.93. The van der Waals surface area contributed by atoms with Crippen LogP contribution in [0.2, 0.25) is 0 Å². The Kier molecular flexibility index (Phi) is 7.04. The second kappa shape index (κ2) is 7.43. The molecule has 1 unspecified atom stereocenters. The molecule has 0 fully saturated rings. The average Bonchev–Trinajstić information content (AvgIpc) is 2.24. The van der Waals surface area contributed by atoms with E-state index in [1.54, 1.807) is 0 Å². The highest BCUT2D eigenvalue weighted by molar-refractivity contribution is 5.81. The van der Waals surface area contributed by atoms with Crippen molar-refractivity contribution in [1.82, 2.24) is 5.32 Å². The number of esters is 1. The zero-order chi connectivity index (χ0) is 13.5. The van der Waals surface area contributed by atoms with Crippen molar-refractivity contribution in [3.05, 3.63) is 0 Å². The largest absolute Gasteiger partial charge is 0.466 e. The van der Waals surface area contributed by atoms with Gasteiger partial charge >= 0.3 is 5.97 Å². The second-order valence-electron chi connectivity index (χ2n) is 5.02. The molecule has 0 amide bonds. The smallest absolute Gasteiger partial charge is 0.312 e. The molecule has 0 rings (SSSR count). The Morgan fingerprint density at radius 1 is 1.41 bits per heavy atom. The molecule has 0 aromatic heterocycles. The molecular formula is C13H26N2O2. The fraction of sp³-hybridized carbons (Fsp3) is 0.846. The van der Waals surface area contributed by atoms with E-state index in [1.165, 1.54) is 0 Å². The van der Waals surface area contributed by atoms with Gasteiger partial charge in [0.15, 0.2) is 0 Å². The Hall–Kier alpha value is -0.900. The standard InChI is InChI=1S/C13H26N2O2/c1-6-11(10(3)14)8-15-9-13(4,5)12(16)17-7-2/h11,14-15H,6-9H2,1-5H3. The first kappa shape index (κ1) is 16.1. The van der Waals surface area contributed by atoms with Crippen molar-refractivity contribution in [2.45, 2.75) is 41.0 Å². The first-order valence-electron chi connectivity index (χ1n) is 6.28. The van der Waals surface area contributed by atoms with Crippen molar-refractivity contribution in [2.24, 2.45) is 11.3 Å². The van der Waals surface area contributed by atoms with E-state index in [4.69, 9.17) is 10.1 Å². The maximum absolute atomic E-state index is 11.6. The molecular weight excluding hydrogens is 216 g/mol. The van der Waals surface area contributed by atoms with E-state index >= 15 is 0 Å². The highest BCUT2D eigenvalue weighted by Gasteiger charge is 2.28. The second-order valence-corrected chi connectivity index (χ2v) is 5.02. The summed E-state index contributed by atoms with van der Waals surface area (Å²) >= 11 is 0. The molecule has 4 nitrogen and oxygen atoms in total. The molecule has 100 valence electrons. The Balaban J connectivity index is 4.09. The zero-order valence-corrected chi connectivity index (χ0v) is 11.7. The molecule has 0 aliphatic heterocycles. The molecule has 0 saturated heterocycles. The van der Waals surface area contributed by atoms with E-state index in [2.05, 4.69) is 12.2 Å². The Morgan fingerprint density at radius 3 is 2.41 bits per heavy atom. The molecule has 2 N–H and O–H groups in total. The summed E-state index contributed by atoms with van der Waals surface area (Å²) < 4.78 is 5.02. The van der Waals surface area contributed by atoms with Gasteiger partial charge in [0.1, 0.15) is 0 Å². The van der Waals surface area contributed by atoms with Crippen molar-refractivity contribution in [3.8, 4) is 0 Å². The summed E-state index contributed by atoms with van der Waals surface area (Å²) in [6, 6.07) is 0. The quantitative estimate of drug-likeness (QED) is 0.507. The SMILES string of the molecule is CCOC(=O)C(C)(C)CNCC(CC)C(C)=N. The Bertz CT molecular complexity index is 262. The van der Waals surface area contributed by atoms with Crippen molar-refractivity contribution in [1.29, 1.82) is 5.41 Å². The van der Waals surface area contributed by atoms with Gasteiger partial charge in [0.25, 0.3) is 0 Å². The third kappa shape index (κ3) is 5.82. The number of carbonyl (C=O) groups is 1. The first-order valence-corrected chi connectivity index (χ1v) is 6.28. The maximum atomic E-state index is 11.6. The van der Waals surface area contributed by atoms with Crippen molar-refractivity contribution >= 4 is 11.7 Å². The molecule has 0 aromatic rings. The van der Waals surface area contributed by atoms with Gasteiger partial charge < -0.3 is 15.5 Å². The van der Waals surface area contributed by atoms with Crippen LogP contribution >= 0.6 is 0 Å². The monoisotopic (exact) mass is 242 g/mol. The molecule has 4 heteroatoms. The highest BCUT2D eigenvalue weighted by atomic mass is 16.5. The van der Waals surface area contributed by atoms with Crippen LogP contribution in [-0.4, -0.2) is 31.4 Å². The van der Waals surface area contributed by atoms with Gasteiger partial charge in [0.05, 0.1) is 12.0 Å². The summed E-state index contributed by atoms with van der Waals surface area (Å²) in [4.78, 5) is 11.6. The van der Waals surface area contributed by atoms with E-state index in [0.717, 1.165) is 13.0 Å². The first-order chi connectivity index (χ1) is 7.85. The van der Waals surface area contributed by atoms with Gasteiger partial charge in [-0.3, -0.25) is 4.79 Å². The lowest BCUT2D eigenvalue weighted by molar-refractivity contribution is -0.153. The fourth-order valence-corrected chi connectivity index (χ4v) is 1.56. The van der Waals surface area contributed by atoms with Crippen LogP contribution in [0.15, 0.2) is 0 Å².